The summed E-state index contributed by atoms with van der Waals surface area (Å²) >= 11 is 0. The lowest BCUT2D eigenvalue weighted by Crippen LogP contribution is -2.33. The zero-order valence-electron chi connectivity index (χ0n) is 14.2. The van der Waals surface area contributed by atoms with Crippen LogP contribution in [-0.4, -0.2) is 41.4 Å². The van der Waals surface area contributed by atoms with Crippen molar-refractivity contribution in [2.24, 2.45) is 5.92 Å². The van der Waals surface area contributed by atoms with Crippen LogP contribution in [0.3, 0.4) is 0 Å². The van der Waals surface area contributed by atoms with Gasteiger partial charge >= 0.3 is 19.8 Å². The molecule has 0 aliphatic carbocycles. The van der Waals surface area contributed by atoms with E-state index in [0.717, 1.165) is 7.11 Å². The summed E-state index contributed by atoms with van der Waals surface area (Å²) in [7, 11) is -1.25. The molecule has 1 aliphatic heterocycles. The molecule has 1 aromatic heterocycles. The van der Waals surface area contributed by atoms with Crippen LogP contribution in [0.2, 0.25) is 0 Å². The normalized spacial score (nSPS) is 23.9. The second-order valence-electron chi connectivity index (χ2n) is 5.68. The minimum absolute atomic E-state index is 0.0282. The van der Waals surface area contributed by atoms with Gasteiger partial charge < -0.3 is 9.47 Å². The number of methoxy groups -OCH3 is 1. The number of rotatable bonds is 7. The summed E-state index contributed by atoms with van der Waals surface area (Å²) in [6, 6.07) is 0.0500. The molecule has 0 spiro atoms. The van der Waals surface area contributed by atoms with E-state index in [-0.39, 0.29) is 12.5 Å². The summed E-state index contributed by atoms with van der Waals surface area (Å²) in [5, 5.41) is 2.34. The van der Waals surface area contributed by atoms with E-state index in [0.29, 0.717) is 6.42 Å². The summed E-state index contributed by atoms with van der Waals surface area (Å²) < 4.78 is 28.5. The third-order valence-electron chi connectivity index (χ3n) is 3.79. The lowest BCUT2D eigenvalue weighted by molar-refractivity contribution is -0.141. The molecule has 0 saturated carbocycles. The van der Waals surface area contributed by atoms with E-state index in [9.17, 15) is 18.9 Å². The molecule has 5 atom stereocenters. The SMILES string of the molecule is C#CC(N[P+](=O)OCC1CC(C)C(n2ccc(=O)[nH]c2=O)O1)C(=O)OC. The van der Waals surface area contributed by atoms with Crippen molar-refractivity contribution < 1.29 is 23.4 Å². The number of nitrogens with zero attached hydrogens (tertiary/aromatic N) is 1. The van der Waals surface area contributed by atoms with Crippen LogP contribution < -0.4 is 16.3 Å². The summed E-state index contributed by atoms with van der Waals surface area (Å²) in [6.07, 6.45) is 6.08. The number of ether oxygens (including phenoxy) is 2. The number of terminal acetylenes is 1. The number of hydrogen-bond donors (Lipinski definition) is 2. The predicted octanol–water partition coefficient (Wildman–Crippen LogP) is -0.101. The zero-order chi connectivity index (χ0) is 19.3. The summed E-state index contributed by atoms with van der Waals surface area (Å²) in [5.41, 5.74) is -1.06. The van der Waals surface area contributed by atoms with Gasteiger partial charge in [0.15, 0.2) is 0 Å². The van der Waals surface area contributed by atoms with Crippen LogP contribution in [0.5, 0.6) is 0 Å². The number of nitrogens with one attached hydrogen (secondary N) is 2. The van der Waals surface area contributed by atoms with Crippen LogP contribution >= 0.6 is 8.18 Å². The fourth-order valence-corrected chi connectivity index (χ4v) is 3.33. The third-order valence-corrected chi connectivity index (χ3v) is 4.65. The fourth-order valence-electron chi connectivity index (χ4n) is 2.56. The van der Waals surface area contributed by atoms with Crippen LogP contribution in [0.4, 0.5) is 0 Å². The Morgan fingerprint density at radius 1 is 1.62 bits per heavy atom. The fraction of sp³-hybridized carbons (Fsp3) is 0.533. The van der Waals surface area contributed by atoms with Gasteiger partial charge in [0.2, 0.25) is 6.04 Å². The van der Waals surface area contributed by atoms with Crippen LogP contribution in [0.1, 0.15) is 19.6 Å². The van der Waals surface area contributed by atoms with E-state index < -0.39 is 43.8 Å². The molecule has 2 heterocycles. The smallest absolute Gasteiger partial charge is 0.467 e. The number of H-pyrrole nitrogens is 1. The molecule has 0 aromatic carbocycles. The molecule has 1 aromatic rings. The number of aromatic nitrogens is 2. The first-order chi connectivity index (χ1) is 12.3. The number of aromatic amines is 1. The largest absolute Gasteiger partial charge is 0.614 e. The van der Waals surface area contributed by atoms with E-state index in [1.54, 1.807) is 0 Å². The summed E-state index contributed by atoms with van der Waals surface area (Å²) in [4.78, 5) is 36.5. The Morgan fingerprint density at radius 3 is 2.96 bits per heavy atom. The van der Waals surface area contributed by atoms with Crippen molar-refractivity contribution in [1.82, 2.24) is 14.6 Å². The lowest BCUT2D eigenvalue weighted by atomic mass is 10.1. The number of carbonyl (C=O) groups excluding carboxylic acids is 1. The second kappa shape index (κ2) is 8.87. The lowest BCUT2D eigenvalue weighted by Gasteiger charge is -2.17. The topological polar surface area (TPSA) is 129 Å². The molecular weight excluding hydrogens is 365 g/mol. The summed E-state index contributed by atoms with van der Waals surface area (Å²) in [6.45, 7) is 1.85. The van der Waals surface area contributed by atoms with Crippen LogP contribution in [-0.2, 0) is 23.4 Å². The minimum Gasteiger partial charge on any atom is -0.467 e. The zero-order valence-corrected chi connectivity index (χ0v) is 15.1. The van der Waals surface area contributed by atoms with Crippen LogP contribution in [0, 0.1) is 18.3 Å². The second-order valence-corrected chi connectivity index (χ2v) is 6.71. The van der Waals surface area contributed by atoms with Gasteiger partial charge in [-0.3, -0.25) is 14.3 Å². The van der Waals surface area contributed by atoms with Crippen molar-refractivity contribution in [1.29, 1.82) is 0 Å². The van der Waals surface area contributed by atoms with Crippen LogP contribution in [0.15, 0.2) is 21.9 Å². The standard InChI is InChI=1S/C15H18N3O7P/c1-4-11(14(20)23-3)17-26(22)24-8-10-7-9(2)13(25-10)18-6-5-12(19)16-15(18)21/h1,5-6,9-11,13H,7-8H2,2-3H3,(H-,16,17,19,21,22)/p+1. The van der Waals surface area contributed by atoms with Gasteiger partial charge in [0.1, 0.15) is 12.8 Å². The van der Waals surface area contributed by atoms with Gasteiger partial charge in [0.05, 0.1) is 13.2 Å². The number of hydrogen-bond acceptors (Lipinski definition) is 7. The molecule has 2 rings (SSSR count). The molecule has 1 saturated heterocycles. The van der Waals surface area contributed by atoms with Gasteiger partial charge in [0, 0.05) is 18.2 Å². The predicted molar refractivity (Wildman–Crippen MR) is 90.3 cm³/mol. The van der Waals surface area contributed by atoms with E-state index in [2.05, 4.69) is 20.7 Å². The number of carbonyl (C=O) groups is 1. The Balaban J connectivity index is 1.91. The average molecular weight is 384 g/mol. The molecule has 2 N–H and O–H groups in total. The molecule has 26 heavy (non-hydrogen) atoms. The van der Waals surface area contributed by atoms with Crippen molar-refractivity contribution in [3.05, 3.63) is 33.1 Å². The molecule has 0 bridgehead atoms. The van der Waals surface area contributed by atoms with Gasteiger partial charge in [-0.15, -0.1) is 10.9 Å². The van der Waals surface area contributed by atoms with Crippen molar-refractivity contribution in [2.45, 2.75) is 31.7 Å². The minimum atomic E-state index is -2.41. The van der Waals surface area contributed by atoms with Gasteiger partial charge in [-0.2, -0.15) is 0 Å². The Morgan fingerprint density at radius 2 is 2.35 bits per heavy atom. The molecular formula is C15H19N3O7P+. The molecule has 5 unspecified atom stereocenters. The van der Waals surface area contributed by atoms with Crippen molar-refractivity contribution in [3.8, 4) is 12.3 Å². The van der Waals surface area contributed by atoms with E-state index in [4.69, 9.17) is 15.7 Å². The molecule has 10 nitrogen and oxygen atoms in total. The molecule has 0 radical (unpaired) electrons. The average Bonchev–Trinajstić information content (AvgIpc) is 2.97. The van der Waals surface area contributed by atoms with Crippen LogP contribution in [0.25, 0.3) is 0 Å². The van der Waals surface area contributed by atoms with E-state index in [1.165, 1.54) is 16.8 Å². The third kappa shape index (κ3) is 4.86. The van der Waals surface area contributed by atoms with E-state index >= 15 is 0 Å². The van der Waals surface area contributed by atoms with Gasteiger partial charge in [-0.05, 0) is 11.0 Å². The summed E-state index contributed by atoms with van der Waals surface area (Å²) in [5.74, 6) is 1.33. The Hall–Kier alpha value is -2.31. The molecule has 1 fully saturated rings. The molecule has 1 aliphatic rings. The highest BCUT2D eigenvalue weighted by atomic mass is 31.1. The highest BCUT2D eigenvalue weighted by Crippen LogP contribution is 2.34. The molecule has 140 valence electrons. The maximum absolute atomic E-state index is 11.9. The maximum Gasteiger partial charge on any atom is 0.614 e. The first kappa shape index (κ1) is 20.0. The van der Waals surface area contributed by atoms with Crippen molar-refractivity contribution in [3.63, 3.8) is 0 Å². The molecule has 11 heteroatoms. The highest BCUT2D eigenvalue weighted by molar-refractivity contribution is 7.36. The van der Waals surface area contributed by atoms with Gasteiger partial charge in [-0.25, -0.2) is 9.59 Å². The highest BCUT2D eigenvalue weighted by Gasteiger charge is 2.37. The Kier molecular flexibility index (Phi) is 6.83. The Bertz CT molecular complexity index is 828. The van der Waals surface area contributed by atoms with Crippen molar-refractivity contribution in [2.75, 3.05) is 13.7 Å². The molecule has 0 amide bonds. The maximum atomic E-state index is 11.9. The number of esters is 1. The first-order valence-corrected chi connectivity index (χ1v) is 8.90. The monoisotopic (exact) mass is 384 g/mol. The quantitative estimate of drug-likeness (QED) is 0.379. The Labute approximate surface area is 149 Å². The first-order valence-electron chi connectivity index (χ1n) is 7.73. The van der Waals surface area contributed by atoms with Gasteiger partial charge in [-0.1, -0.05) is 17.9 Å². The van der Waals surface area contributed by atoms with Crippen molar-refractivity contribution >= 4 is 14.1 Å². The van der Waals surface area contributed by atoms with Gasteiger partial charge in [0.25, 0.3) is 5.56 Å². The van der Waals surface area contributed by atoms with E-state index in [1.807, 2.05) is 6.92 Å².